The molecule has 1 saturated heterocycles. The van der Waals surface area contributed by atoms with Crippen LogP contribution in [-0.2, 0) is 16.4 Å². The van der Waals surface area contributed by atoms with Crippen LogP contribution in [0.5, 0.6) is 11.5 Å². The summed E-state index contributed by atoms with van der Waals surface area (Å²) >= 11 is 5.95. The van der Waals surface area contributed by atoms with E-state index in [2.05, 4.69) is 5.32 Å². The first-order valence-electron chi connectivity index (χ1n) is 6.38. The van der Waals surface area contributed by atoms with Crippen molar-refractivity contribution in [2.75, 3.05) is 25.2 Å². The maximum Gasteiger partial charge on any atom is 0.162 e. The molecule has 0 amide bonds. The molecule has 1 atom stereocenters. The van der Waals surface area contributed by atoms with E-state index in [1.54, 1.807) is 12.1 Å². The second kappa shape index (κ2) is 6.20. The molecule has 1 unspecified atom stereocenters. The van der Waals surface area contributed by atoms with E-state index in [1.165, 1.54) is 7.11 Å². The summed E-state index contributed by atoms with van der Waals surface area (Å²) < 4.78 is 27.7. The fraction of sp³-hybridized carbons (Fsp3) is 0.538. The number of rotatable bonds is 5. The highest BCUT2D eigenvalue weighted by atomic mass is 35.5. The second-order valence-electron chi connectivity index (χ2n) is 5.02. The van der Waals surface area contributed by atoms with Gasteiger partial charge < -0.3 is 15.2 Å². The number of nitrogens with one attached hydrogen (secondary N) is 1. The summed E-state index contributed by atoms with van der Waals surface area (Å²) in [4.78, 5) is 0. The molecule has 20 heavy (non-hydrogen) atoms. The van der Waals surface area contributed by atoms with Gasteiger partial charge in [0.25, 0.3) is 0 Å². The Morgan fingerprint density at radius 2 is 2.25 bits per heavy atom. The van der Waals surface area contributed by atoms with Gasteiger partial charge in [0.15, 0.2) is 21.3 Å². The van der Waals surface area contributed by atoms with Crippen molar-refractivity contribution in [3.63, 3.8) is 0 Å². The van der Waals surface area contributed by atoms with Crippen molar-refractivity contribution in [1.29, 1.82) is 0 Å². The molecule has 1 aromatic rings. The third kappa shape index (κ3) is 3.77. The molecular weight excluding hydrogens is 302 g/mol. The Labute approximate surface area is 123 Å². The lowest BCUT2D eigenvalue weighted by molar-refractivity contribution is 0.369. The number of phenols is 1. The molecule has 0 saturated carbocycles. The predicted octanol–water partition coefficient (Wildman–Crippen LogP) is 1.58. The molecule has 112 valence electrons. The first-order valence-corrected chi connectivity index (χ1v) is 8.58. The summed E-state index contributed by atoms with van der Waals surface area (Å²) in [6, 6.07) is 3.21. The van der Waals surface area contributed by atoms with Crippen LogP contribution in [0.2, 0.25) is 5.02 Å². The molecule has 1 aliphatic rings. The lowest BCUT2D eigenvalue weighted by Gasteiger charge is -2.12. The van der Waals surface area contributed by atoms with Crippen molar-refractivity contribution < 1.29 is 18.3 Å². The number of hydrogen-bond acceptors (Lipinski definition) is 5. The van der Waals surface area contributed by atoms with Crippen molar-refractivity contribution in [3.05, 3.63) is 22.7 Å². The SMILES string of the molecule is COc1cc(Cl)cc(CNCC2CCS(=O)(=O)C2)c1O. The predicted molar refractivity (Wildman–Crippen MR) is 78.1 cm³/mol. The van der Waals surface area contributed by atoms with Crippen LogP contribution in [-0.4, -0.2) is 38.7 Å². The van der Waals surface area contributed by atoms with Gasteiger partial charge in [-0.3, -0.25) is 0 Å². The third-order valence-corrected chi connectivity index (χ3v) is 5.47. The number of hydrogen-bond donors (Lipinski definition) is 2. The van der Waals surface area contributed by atoms with E-state index in [9.17, 15) is 13.5 Å². The second-order valence-corrected chi connectivity index (χ2v) is 7.68. The van der Waals surface area contributed by atoms with E-state index in [-0.39, 0.29) is 23.2 Å². The molecule has 0 radical (unpaired) electrons. The zero-order valence-electron chi connectivity index (χ0n) is 11.2. The van der Waals surface area contributed by atoms with Crippen molar-refractivity contribution >= 4 is 21.4 Å². The van der Waals surface area contributed by atoms with Gasteiger partial charge in [-0.2, -0.15) is 0 Å². The van der Waals surface area contributed by atoms with Crippen LogP contribution >= 0.6 is 11.6 Å². The summed E-state index contributed by atoms with van der Waals surface area (Å²) in [5.41, 5.74) is 0.634. The molecule has 0 bridgehead atoms. The highest BCUT2D eigenvalue weighted by molar-refractivity contribution is 7.91. The van der Waals surface area contributed by atoms with E-state index >= 15 is 0 Å². The van der Waals surface area contributed by atoms with E-state index < -0.39 is 9.84 Å². The zero-order valence-corrected chi connectivity index (χ0v) is 12.8. The van der Waals surface area contributed by atoms with E-state index in [1.807, 2.05) is 0 Å². The molecule has 1 aliphatic heterocycles. The molecule has 0 spiro atoms. The van der Waals surface area contributed by atoms with Gasteiger partial charge in [0, 0.05) is 23.2 Å². The topological polar surface area (TPSA) is 75.6 Å². The number of aromatic hydroxyl groups is 1. The minimum absolute atomic E-state index is 0.0587. The summed E-state index contributed by atoms with van der Waals surface area (Å²) in [7, 11) is -1.38. The van der Waals surface area contributed by atoms with Crippen LogP contribution in [0.25, 0.3) is 0 Å². The summed E-state index contributed by atoms with van der Waals surface area (Å²) in [6.07, 6.45) is 0.695. The highest BCUT2D eigenvalue weighted by Gasteiger charge is 2.27. The van der Waals surface area contributed by atoms with E-state index in [0.29, 0.717) is 35.8 Å². The van der Waals surface area contributed by atoms with E-state index in [4.69, 9.17) is 16.3 Å². The molecule has 5 nitrogen and oxygen atoms in total. The van der Waals surface area contributed by atoms with Crippen molar-refractivity contribution in [2.45, 2.75) is 13.0 Å². The molecule has 1 aromatic carbocycles. The Bertz CT molecular complexity index is 588. The fourth-order valence-electron chi connectivity index (χ4n) is 2.36. The number of methoxy groups -OCH3 is 1. The molecule has 0 aliphatic carbocycles. The molecule has 7 heteroatoms. The Hall–Kier alpha value is -0.980. The smallest absolute Gasteiger partial charge is 0.162 e. The molecule has 0 aromatic heterocycles. The van der Waals surface area contributed by atoms with Gasteiger partial charge in [0.05, 0.1) is 18.6 Å². The monoisotopic (exact) mass is 319 g/mol. The van der Waals surface area contributed by atoms with Crippen LogP contribution in [0.1, 0.15) is 12.0 Å². The van der Waals surface area contributed by atoms with Gasteiger partial charge in [-0.25, -0.2) is 8.42 Å². The third-order valence-electron chi connectivity index (χ3n) is 3.41. The lowest BCUT2D eigenvalue weighted by Crippen LogP contribution is -2.23. The molecular formula is C13H18ClNO4S. The van der Waals surface area contributed by atoms with Crippen LogP contribution in [0.4, 0.5) is 0 Å². The average molecular weight is 320 g/mol. The summed E-state index contributed by atoms with van der Waals surface area (Å²) in [5.74, 6) is 1.05. The van der Waals surface area contributed by atoms with Crippen LogP contribution < -0.4 is 10.1 Å². The lowest BCUT2D eigenvalue weighted by atomic mass is 10.1. The van der Waals surface area contributed by atoms with Crippen molar-refractivity contribution in [1.82, 2.24) is 5.32 Å². The number of sulfone groups is 1. The number of ether oxygens (including phenoxy) is 1. The van der Waals surface area contributed by atoms with Gasteiger partial charge in [-0.05, 0) is 24.9 Å². The normalized spacial score (nSPS) is 21.0. The summed E-state index contributed by atoms with van der Waals surface area (Å²) in [5, 5.41) is 13.6. The Balaban J connectivity index is 1.93. The highest BCUT2D eigenvalue weighted by Crippen LogP contribution is 2.33. The fourth-order valence-corrected chi connectivity index (χ4v) is 4.46. The quantitative estimate of drug-likeness (QED) is 0.862. The van der Waals surface area contributed by atoms with Crippen LogP contribution in [0.3, 0.4) is 0 Å². The average Bonchev–Trinajstić information content (AvgIpc) is 2.72. The van der Waals surface area contributed by atoms with Crippen molar-refractivity contribution in [3.8, 4) is 11.5 Å². The van der Waals surface area contributed by atoms with E-state index in [0.717, 1.165) is 0 Å². The Kier molecular flexibility index (Phi) is 4.78. The number of phenolic OH excluding ortho intramolecular Hbond substituents is 1. The standard InChI is InChI=1S/C13H18ClNO4S/c1-19-12-5-11(14)4-10(13(12)16)7-15-6-9-2-3-20(17,18)8-9/h4-5,9,15-16H,2-3,6-8H2,1H3. The van der Waals surface area contributed by atoms with Crippen LogP contribution in [0.15, 0.2) is 12.1 Å². The first-order chi connectivity index (χ1) is 9.41. The van der Waals surface area contributed by atoms with Gasteiger partial charge in [-0.1, -0.05) is 11.6 Å². The largest absolute Gasteiger partial charge is 0.504 e. The Morgan fingerprint density at radius 1 is 1.50 bits per heavy atom. The first kappa shape index (κ1) is 15.4. The molecule has 2 rings (SSSR count). The van der Waals surface area contributed by atoms with Gasteiger partial charge in [-0.15, -0.1) is 0 Å². The van der Waals surface area contributed by atoms with Crippen molar-refractivity contribution in [2.24, 2.45) is 5.92 Å². The molecule has 1 fully saturated rings. The van der Waals surface area contributed by atoms with Gasteiger partial charge >= 0.3 is 0 Å². The maximum absolute atomic E-state index is 11.4. The van der Waals surface area contributed by atoms with Gasteiger partial charge in [0.1, 0.15) is 0 Å². The molecule has 1 heterocycles. The minimum Gasteiger partial charge on any atom is -0.504 e. The van der Waals surface area contributed by atoms with Gasteiger partial charge in [0.2, 0.25) is 0 Å². The Morgan fingerprint density at radius 3 is 2.85 bits per heavy atom. The van der Waals surface area contributed by atoms with Crippen LogP contribution in [0, 0.1) is 5.92 Å². The number of halogens is 1. The number of benzene rings is 1. The molecule has 2 N–H and O–H groups in total. The summed E-state index contributed by atoms with van der Waals surface area (Å²) in [6.45, 7) is 1.02. The maximum atomic E-state index is 11.4. The minimum atomic E-state index is -2.85. The zero-order chi connectivity index (χ0) is 14.8.